The molecule has 0 radical (unpaired) electrons. The van der Waals surface area contributed by atoms with Gasteiger partial charge in [0, 0.05) is 19.6 Å². The van der Waals surface area contributed by atoms with Crippen molar-refractivity contribution in [2.75, 3.05) is 37.3 Å². The number of halogens is 1. The number of hydrogen-bond acceptors (Lipinski definition) is 5. The van der Waals surface area contributed by atoms with E-state index in [4.69, 9.17) is 11.6 Å². The summed E-state index contributed by atoms with van der Waals surface area (Å²) < 4.78 is 0. The molecule has 18 heavy (non-hydrogen) atoms. The fourth-order valence-electron chi connectivity index (χ4n) is 2.22. The molecule has 2 heterocycles. The van der Waals surface area contributed by atoms with E-state index in [1.807, 2.05) is 0 Å². The molecular weight excluding hydrogens is 250 g/mol. The van der Waals surface area contributed by atoms with Crippen molar-refractivity contribution in [2.24, 2.45) is 0 Å². The minimum absolute atomic E-state index is 0.320. The van der Waals surface area contributed by atoms with Crippen LogP contribution in [-0.2, 0) is 0 Å². The molecule has 1 atom stereocenters. The van der Waals surface area contributed by atoms with Gasteiger partial charge in [-0.05, 0) is 32.9 Å². The minimum Gasteiger partial charge on any atom is -0.365 e. The number of hydrogen-bond donors (Lipinski definition) is 2. The smallest absolute Gasteiger partial charge is 0.224 e. The van der Waals surface area contributed by atoms with E-state index >= 15 is 0 Å². The van der Waals surface area contributed by atoms with Gasteiger partial charge >= 0.3 is 0 Å². The predicted octanol–water partition coefficient (Wildman–Crippen LogP) is 2.07. The van der Waals surface area contributed by atoms with Crippen LogP contribution in [0.2, 0.25) is 5.02 Å². The summed E-state index contributed by atoms with van der Waals surface area (Å²) in [6.07, 6.45) is 4.24. The molecule has 1 aromatic rings. The fraction of sp³-hybridized carbons (Fsp3) is 0.667. The van der Waals surface area contributed by atoms with Crippen LogP contribution in [0.25, 0.3) is 0 Å². The van der Waals surface area contributed by atoms with Crippen LogP contribution in [0.5, 0.6) is 0 Å². The Labute approximate surface area is 113 Å². The Hall–Kier alpha value is -1.07. The van der Waals surface area contributed by atoms with E-state index in [1.165, 1.54) is 25.9 Å². The van der Waals surface area contributed by atoms with Crippen LogP contribution in [0, 0.1) is 0 Å². The molecule has 0 aromatic carbocycles. The monoisotopic (exact) mass is 269 g/mol. The maximum absolute atomic E-state index is 6.09. The topological polar surface area (TPSA) is 53.1 Å². The molecular formula is C12H20ClN5. The third-order valence-electron chi connectivity index (χ3n) is 3.08. The molecule has 5 nitrogen and oxygen atoms in total. The van der Waals surface area contributed by atoms with Crippen molar-refractivity contribution in [3.8, 4) is 0 Å². The van der Waals surface area contributed by atoms with E-state index in [2.05, 4.69) is 32.4 Å². The standard InChI is InChI=1S/C12H20ClN5/c1-9(8-18-5-3-4-6-18)16-11-10(13)7-15-12(14-2)17-11/h7,9H,3-6,8H2,1-2H3,(H2,14,15,16,17). The van der Waals surface area contributed by atoms with Crippen molar-refractivity contribution in [1.29, 1.82) is 0 Å². The molecule has 0 bridgehead atoms. The summed E-state index contributed by atoms with van der Waals surface area (Å²) in [5.74, 6) is 1.28. The van der Waals surface area contributed by atoms with Gasteiger partial charge in [-0.15, -0.1) is 0 Å². The third-order valence-corrected chi connectivity index (χ3v) is 3.36. The molecule has 1 saturated heterocycles. The van der Waals surface area contributed by atoms with Crippen LogP contribution in [0.3, 0.4) is 0 Å². The summed E-state index contributed by atoms with van der Waals surface area (Å²) in [6, 6.07) is 0.320. The van der Waals surface area contributed by atoms with Crippen LogP contribution >= 0.6 is 11.6 Å². The first-order valence-corrected chi connectivity index (χ1v) is 6.76. The second-order valence-electron chi connectivity index (χ2n) is 4.69. The summed E-state index contributed by atoms with van der Waals surface area (Å²) in [4.78, 5) is 10.8. The summed E-state index contributed by atoms with van der Waals surface area (Å²) in [5.41, 5.74) is 0. The highest BCUT2D eigenvalue weighted by molar-refractivity contribution is 6.32. The zero-order valence-electron chi connectivity index (χ0n) is 10.9. The van der Waals surface area contributed by atoms with Crippen molar-refractivity contribution < 1.29 is 0 Å². The number of aromatic nitrogens is 2. The van der Waals surface area contributed by atoms with Gasteiger partial charge in [0.1, 0.15) is 5.02 Å². The molecule has 1 unspecified atom stereocenters. The quantitative estimate of drug-likeness (QED) is 0.857. The first-order valence-electron chi connectivity index (χ1n) is 6.38. The molecule has 1 fully saturated rings. The minimum atomic E-state index is 0.320. The summed E-state index contributed by atoms with van der Waals surface area (Å²) >= 11 is 6.09. The SMILES string of the molecule is CNc1ncc(Cl)c(NC(C)CN2CCCC2)n1. The van der Waals surface area contributed by atoms with Crippen molar-refractivity contribution >= 4 is 23.4 Å². The average Bonchev–Trinajstić information content (AvgIpc) is 2.84. The van der Waals surface area contributed by atoms with Gasteiger partial charge in [0.15, 0.2) is 5.82 Å². The van der Waals surface area contributed by atoms with E-state index in [1.54, 1.807) is 13.2 Å². The molecule has 100 valence electrons. The molecule has 0 aliphatic carbocycles. The van der Waals surface area contributed by atoms with Crippen LogP contribution in [-0.4, -0.2) is 47.6 Å². The van der Waals surface area contributed by atoms with Gasteiger partial charge in [-0.2, -0.15) is 4.98 Å². The first-order chi connectivity index (χ1) is 8.69. The normalized spacial score (nSPS) is 17.7. The molecule has 0 saturated carbocycles. The van der Waals surface area contributed by atoms with Crippen molar-refractivity contribution in [3.63, 3.8) is 0 Å². The van der Waals surface area contributed by atoms with E-state index in [0.29, 0.717) is 22.8 Å². The van der Waals surface area contributed by atoms with Gasteiger partial charge in [-0.3, -0.25) is 0 Å². The zero-order valence-corrected chi connectivity index (χ0v) is 11.7. The van der Waals surface area contributed by atoms with Gasteiger partial charge < -0.3 is 15.5 Å². The molecule has 0 amide bonds. The molecule has 2 rings (SSSR count). The molecule has 0 spiro atoms. The lowest BCUT2D eigenvalue weighted by atomic mass is 10.3. The Morgan fingerprint density at radius 3 is 2.83 bits per heavy atom. The molecule has 1 aromatic heterocycles. The summed E-state index contributed by atoms with van der Waals surface area (Å²) in [6.45, 7) is 5.57. The number of rotatable bonds is 5. The third kappa shape index (κ3) is 3.46. The van der Waals surface area contributed by atoms with E-state index in [0.717, 1.165) is 6.54 Å². The van der Waals surface area contributed by atoms with Crippen molar-refractivity contribution in [2.45, 2.75) is 25.8 Å². The van der Waals surface area contributed by atoms with E-state index in [-0.39, 0.29) is 0 Å². The first kappa shape index (κ1) is 13.4. The summed E-state index contributed by atoms with van der Waals surface area (Å²) in [5, 5.41) is 6.81. The van der Waals surface area contributed by atoms with Crippen LogP contribution in [0.15, 0.2) is 6.20 Å². The molecule has 1 aliphatic heterocycles. The lowest BCUT2D eigenvalue weighted by Crippen LogP contribution is -2.33. The number of likely N-dealkylation sites (tertiary alicyclic amines) is 1. The van der Waals surface area contributed by atoms with Gasteiger partial charge in [-0.25, -0.2) is 4.98 Å². The van der Waals surface area contributed by atoms with Crippen LogP contribution in [0.4, 0.5) is 11.8 Å². The van der Waals surface area contributed by atoms with E-state index in [9.17, 15) is 0 Å². The molecule has 6 heteroatoms. The fourth-order valence-corrected chi connectivity index (χ4v) is 2.37. The Morgan fingerprint density at radius 2 is 2.17 bits per heavy atom. The van der Waals surface area contributed by atoms with Crippen LogP contribution in [0.1, 0.15) is 19.8 Å². The van der Waals surface area contributed by atoms with Crippen molar-refractivity contribution in [1.82, 2.24) is 14.9 Å². The average molecular weight is 270 g/mol. The Balaban J connectivity index is 1.94. The Bertz CT molecular complexity index is 392. The summed E-state index contributed by atoms with van der Waals surface area (Å²) in [7, 11) is 1.79. The zero-order chi connectivity index (χ0) is 13.0. The predicted molar refractivity (Wildman–Crippen MR) is 75.3 cm³/mol. The lowest BCUT2D eigenvalue weighted by Gasteiger charge is -2.22. The Kier molecular flexibility index (Phi) is 4.60. The van der Waals surface area contributed by atoms with E-state index < -0.39 is 0 Å². The second kappa shape index (κ2) is 6.20. The maximum atomic E-state index is 6.09. The Morgan fingerprint density at radius 1 is 1.44 bits per heavy atom. The maximum Gasteiger partial charge on any atom is 0.224 e. The van der Waals surface area contributed by atoms with Gasteiger partial charge in [0.05, 0.1) is 6.20 Å². The lowest BCUT2D eigenvalue weighted by molar-refractivity contribution is 0.327. The number of nitrogens with zero attached hydrogens (tertiary/aromatic N) is 3. The highest BCUT2D eigenvalue weighted by atomic mass is 35.5. The number of nitrogens with one attached hydrogen (secondary N) is 2. The number of anilines is 2. The van der Waals surface area contributed by atoms with Gasteiger partial charge in [-0.1, -0.05) is 11.6 Å². The molecule has 2 N–H and O–H groups in total. The highest BCUT2D eigenvalue weighted by Gasteiger charge is 2.15. The highest BCUT2D eigenvalue weighted by Crippen LogP contribution is 2.20. The van der Waals surface area contributed by atoms with Gasteiger partial charge in [0.2, 0.25) is 5.95 Å². The van der Waals surface area contributed by atoms with Gasteiger partial charge in [0.25, 0.3) is 0 Å². The van der Waals surface area contributed by atoms with Crippen LogP contribution < -0.4 is 10.6 Å². The van der Waals surface area contributed by atoms with Crippen molar-refractivity contribution in [3.05, 3.63) is 11.2 Å². The largest absolute Gasteiger partial charge is 0.365 e. The molecule has 1 aliphatic rings. The second-order valence-corrected chi connectivity index (χ2v) is 5.10.